The van der Waals surface area contributed by atoms with Crippen molar-refractivity contribution in [2.45, 2.75) is 89.2 Å². The molecular formula is C54H55NS. The monoisotopic (exact) mass is 749 g/mol. The van der Waals surface area contributed by atoms with Crippen LogP contribution in [0.3, 0.4) is 0 Å². The van der Waals surface area contributed by atoms with E-state index < -0.39 is 0 Å². The van der Waals surface area contributed by atoms with Crippen LogP contribution in [0.5, 0.6) is 0 Å². The lowest BCUT2D eigenvalue weighted by Gasteiger charge is -2.39. The van der Waals surface area contributed by atoms with Gasteiger partial charge in [-0.25, -0.2) is 0 Å². The first kappa shape index (κ1) is 35.1. The summed E-state index contributed by atoms with van der Waals surface area (Å²) < 4.78 is 0. The van der Waals surface area contributed by atoms with Gasteiger partial charge in [-0.3, -0.25) is 4.98 Å². The first-order chi connectivity index (χ1) is 27.5. The Morgan fingerprint density at radius 1 is 0.714 bits per heavy atom. The molecular weight excluding hydrogens is 695 g/mol. The van der Waals surface area contributed by atoms with Crippen molar-refractivity contribution in [3.8, 4) is 11.1 Å². The van der Waals surface area contributed by atoms with Gasteiger partial charge < -0.3 is 0 Å². The first-order valence-electron chi connectivity index (χ1n) is 21.9. The number of thioether (sulfide) groups is 1. The molecule has 1 aliphatic heterocycles. The smallest absolute Gasteiger partial charge is 0.0677 e. The van der Waals surface area contributed by atoms with Gasteiger partial charge in [-0.1, -0.05) is 147 Å². The Balaban J connectivity index is 0.995. The molecule has 2 heterocycles. The van der Waals surface area contributed by atoms with Crippen molar-refractivity contribution >= 4 is 17.3 Å². The third-order valence-corrected chi connectivity index (χ3v) is 17.0. The topological polar surface area (TPSA) is 12.9 Å². The summed E-state index contributed by atoms with van der Waals surface area (Å²) in [7, 11) is 0. The van der Waals surface area contributed by atoms with E-state index in [1.54, 1.807) is 27.2 Å². The molecule has 9 aliphatic rings. The predicted octanol–water partition coefficient (Wildman–Crippen LogP) is 14.2. The second kappa shape index (κ2) is 14.1. The summed E-state index contributed by atoms with van der Waals surface area (Å²) in [6.45, 7) is 4.99. The molecule has 0 saturated heterocycles. The van der Waals surface area contributed by atoms with E-state index in [2.05, 4.69) is 153 Å². The van der Waals surface area contributed by atoms with E-state index in [0.717, 1.165) is 11.6 Å². The summed E-state index contributed by atoms with van der Waals surface area (Å²) in [5.74, 6) is 3.29. The summed E-state index contributed by atoms with van der Waals surface area (Å²) >= 11 is 2.28. The minimum absolute atomic E-state index is 0.186. The summed E-state index contributed by atoms with van der Waals surface area (Å²) in [4.78, 5) is 7.47. The molecule has 2 aromatic rings. The van der Waals surface area contributed by atoms with Crippen LogP contribution in [0.4, 0.5) is 0 Å². The summed E-state index contributed by atoms with van der Waals surface area (Å²) in [5.41, 5.74) is 16.3. The second-order valence-corrected chi connectivity index (χ2v) is 19.7. The van der Waals surface area contributed by atoms with Crippen molar-refractivity contribution in [3.05, 3.63) is 177 Å². The van der Waals surface area contributed by atoms with Gasteiger partial charge in [0.2, 0.25) is 0 Å². The van der Waals surface area contributed by atoms with Crippen LogP contribution in [0.15, 0.2) is 166 Å². The predicted molar refractivity (Wildman–Crippen MR) is 237 cm³/mol. The maximum Gasteiger partial charge on any atom is 0.0677 e. The van der Waals surface area contributed by atoms with Gasteiger partial charge in [-0.15, -0.1) is 11.8 Å². The van der Waals surface area contributed by atoms with Crippen molar-refractivity contribution in [2.75, 3.05) is 0 Å². The fourth-order valence-electron chi connectivity index (χ4n) is 12.6. The van der Waals surface area contributed by atoms with E-state index in [1.165, 1.54) is 97.7 Å². The largest absolute Gasteiger partial charge is 0.252 e. The molecule has 1 fully saturated rings. The van der Waals surface area contributed by atoms with Crippen molar-refractivity contribution in [1.82, 2.24) is 4.98 Å². The third-order valence-electron chi connectivity index (χ3n) is 15.2. The number of pyridine rings is 1. The molecule has 1 aromatic carbocycles. The van der Waals surface area contributed by atoms with Gasteiger partial charge in [0.1, 0.15) is 0 Å². The lowest BCUT2D eigenvalue weighted by atomic mass is 9.65. The van der Waals surface area contributed by atoms with Crippen LogP contribution in [-0.2, 0) is 0 Å². The van der Waals surface area contributed by atoms with Gasteiger partial charge in [0.05, 0.1) is 5.69 Å². The summed E-state index contributed by atoms with van der Waals surface area (Å²) in [5, 5.41) is 0.689. The Morgan fingerprint density at radius 2 is 1.54 bits per heavy atom. The number of allylic oxidation sites excluding steroid dienone is 22. The summed E-state index contributed by atoms with van der Waals surface area (Å²) in [6, 6.07) is 16.0. The summed E-state index contributed by atoms with van der Waals surface area (Å²) in [6.07, 6.45) is 46.8. The highest BCUT2D eigenvalue weighted by molar-refractivity contribution is 8.04. The third kappa shape index (κ3) is 5.67. The highest BCUT2D eigenvalue weighted by Gasteiger charge is 2.50. The van der Waals surface area contributed by atoms with E-state index >= 15 is 0 Å². The number of aromatic nitrogens is 1. The van der Waals surface area contributed by atoms with Crippen molar-refractivity contribution in [3.63, 3.8) is 0 Å². The molecule has 282 valence electrons. The minimum Gasteiger partial charge on any atom is -0.252 e. The Bertz CT molecular complexity index is 2310. The average molecular weight is 750 g/mol. The number of nitrogens with zero attached hydrogens (tertiary/aromatic N) is 1. The van der Waals surface area contributed by atoms with Gasteiger partial charge in [0.15, 0.2) is 0 Å². The lowest BCUT2D eigenvalue weighted by molar-refractivity contribution is 0.303. The molecule has 1 saturated carbocycles. The van der Waals surface area contributed by atoms with Crippen LogP contribution < -0.4 is 0 Å². The molecule has 0 N–H and O–H groups in total. The molecule has 8 atom stereocenters. The van der Waals surface area contributed by atoms with E-state index in [0.29, 0.717) is 34.8 Å². The fraction of sp³-hybridized carbons (Fsp3) is 0.389. The second-order valence-electron chi connectivity index (χ2n) is 18.4. The molecule has 56 heavy (non-hydrogen) atoms. The Kier molecular flexibility index (Phi) is 8.80. The van der Waals surface area contributed by atoms with Crippen LogP contribution in [0.25, 0.3) is 16.7 Å². The molecule has 0 radical (unpaired) electrons. The number of rotatable bonds is 5. The molecule has 0 spiro atoms. The average Bonchev–Trinajstić information content (AvgIpc) is 3.76. The standard InChI is InChI=1S/C54H55NS/c1-54(2)47-28-12-11-22-45(47)51-42(24-15-29-48(51)54)40-30-31-41(39-21-10-9-20-38(39)40)49-32-36(34-16-5-3-6-17-34)33-50(55-49)46-27-14-26-44-43-25-13-23-37(52(43)56-53(44)46)35-18-7-4-8-19-35/h3,5-7,9-11,15-22,24,29-33,37-39,43,46,48,51-52H,4,8,12-14,23,25-28H2,1-2H3. The Morgan fingerprint density at radius 3 is 2.39 bits per heavy atom. The maximum atomic E-state index is 5.78. The minimum atomic E-state index is 0.186. The zero-order valence-corrected chi connectivity index (χ0v) is 34.0. The van der Waals surface area contributed by atoms with Gasteiger partial charge in [0, 0.05) is 34.6 Å². The van der Waals surface area contributed by atoms with Crippen LogP contribution in [0, 0.1) is 40.9 Å². The van der Waals surface area contributed by atoms with Crippen LogP contribution >= 0.6 is 11.8 Å². The molecule has 0 amide bonds. The fourth-order valence-corrected chi connectivity index (χ4v) is 14.6. The normalized spacial score (nSPS) is 33.5. The molecule has 1 nitrogen and oxygen atoms in total. The number of benzene rings is 1. The van der Waals surface area contributed by atoms with Crippen molar-refractivity contribution in [2.24, 2.45) is 40.9 Å². The van der Waals surface area contributed by atoms with Crippen molar-refractivity contribution < 1.29 is 0 Å². The number of fused-ring (bicyclic) bond motifs is 5. The molecule has 2 heteroatoms. The van der Waals surface area contributed by atoms with Crippen LogP contribution in [-0.4, -0.2) is 10.2 Å². The van der Waals surface area contributed by atoms with Gasteiger partial charge >= 0.3 is 0 Å². The van der Waals surface area contributed by atoms with Crippen molar-refractivity contribution in [1.29, 1.82) is 0 Å². The Hall–Kier alpha value is -4.14. The highest BCUT2D eigenvalue weighted by Crippen LogP contribution is 2.62. The lowest BCUT2D eigenvalue weighted by Crippen LogP contribution is -2.30. The van der Waals surface area contributed by atoms with Gasteiger partial charge in [-0.2, -0.15) is 0 Å². The molecule has 11 rings (SSSR count). The van der Waals surface area contributed by atoms with Gasteiger partial charge in [-0.05, 0) is 137 Å². The van der Waals surface area contributed by atoms with E-state index in [-0.39, 0.29) is 11.3 Å². The number of hydrogen-bond donors (Lipinski definition) is 0. The maximum absolute atomic E-state index is 5.78. The van der Waals surface area contributed by atoms with E-state index in [1.807, 2.05) is 0 Å². The van der Waals surface area contributed by atoms with Gasteiger partial charge in [0.25, 0.3) is 0 Å². The zero-order chi connectivity index (χ0) is 37.4. The SMILES string of the molecule is CC1(C)C2=C(C=CCC2)C2C(C3=CC=C(c4cc(-c5ccccc5)cc(C5CCCC6=C5SC5C(C7=CCCC=C7)CCCC65)n4)C4C=CC=CC34)=CC=CC21. The molecule has 0 bridgehead atoms. The van der Waals surface area contributed by atoms with E-state index in [4.69, 9.17) is 4.98 Å². The zero-order valence-electron chi connectivity index (χ0n) is 33.2. The molecule has 8 unspecified atom stereocenters. The quantitative estimate of drug-likeness (QED) is 0.302. The highest BCUT2D eigenvalue weighted by atomic mass is 32.2. The molecule has 1 aromatic heterocycles. The first-order valence-corrected chi connectivity index (χ1v) is 22.8. The Labute approximate surface area is 339 Å². The molecule has 8 aliphatic carbocycles. The number of hydrogen-bond acceptors (Lipinski definition) is 2. The van der Waals surface area contributed by atoms with E-state index in [9.17, 15) is 0 Å². The van der Waals surface area contributed by atoms with Crippen LogP contribution in [0.1, 0.15) is 95.4 Å². The van der Waals surface area contributed by atoms with Crippen LogP contribution in [0.2, 0.25) is 0 Å².